The summed E-state index contributed by atoms with van der Waals surface area (Å²) < 4.78 is 0.580. The largest absolute Gasteiger partial charge is 0.507 e. The standard InChI is InChI=1S/C12H14BrNO3/c1-2-3-4-10(14)8-5-7(13)6-9(11(8)15)12(16)17/h2,5-6,10,15H,1,3-4,14H2,(H,16,17)/t10-/m1/s1. The van der Waals surface area contributed by atoms with Crippen LogP contribution >= 0.6 is 15.9 Å². The third-order valence-electron chi connectivity index (χ3n) is 2.42. The first-order valence-corrected chi connectivity index (χ1v) is 5.88. The number of carboxylic acids is 1. The van der Waals surface area contributed by atoms with Crippen LogP contribution < -0.4 is 5.73 Å². The summed E-state index contributed by atoms with van der Waals surface area (Å²) >= 11 is 3.20. The van der Waals surface area contributed by atoms with Crippen LogP contribution in [0.2, 0.25) is 0 Å². The third kappa shape index (κ3) is 3.31. The van der Waals surface area contributed by atoms with Gasteiger partial charge < -0.3 is 15.9 Å². The van der Waals surface area contributed by atoms with Crippen LogP contribution in [0.4, 0.5) is 0 Å². The molecular weight excluding hydrogens is 286 g/mol. The molecule has 1 aromatic carbocycles. The number of phenols is 1. The Kier molecular flexibility index (Phi) is 4.72. The average molecular weight is 300 g/mol. The average Bonchev–Trinajstić information content (AvgIpc) is 2.28. The molecule has 4 nitrogen and oxygen atoms in total. The van der Waals surface area contributed by atoms with Gasteiger partial charge in [-0.2, -0.15) is 0 Å². The molecule has 0 aromatic heterocycles. The van der Waals surface area contributed by atoms with E-state index in [1.165, 1.54) is 6.07 Å². The molecule has 0 fully saturated rings. The van der Waals surface area contributed by atoms with Crippen molar-refractivity contribution in [1.82, 2.24) is 0 Å². The molecular formula is C12H14BrNO3. The molecule has 92 valence electrons. The minimum Gasteiger partial charge on any atom is -0.507 e. The van der Waals surface area contributed by atoms with Crippen molar-refractivity contribution in [3.05, 3.63) is 40.4 Å². The number of benzene rings is 1. The van der Waals surface area contributed by atoms with Gasteiger partial charge in [-0.15, -0.1) is 6.58 Å². The second-order valence-electron chi connectivity index (χ2n) is 3.67. The van der Waals surface area contributed by atoms with Gasteiger partial charge in [-0.1, -0.05) is 22.0 Å². The smallest absolute Gasteiger partial charge is 0.339 e. The van der Waals surface area contributed by atoms with E-state index in [4.69, 9.17) is 10.8 Å². The summed E-state index contributed by atoms with van der Waals surface area (Å²) in [4.78, 5) is 10.9. The minimum atomic E-state index is -1.18. The molecule has 0 aliphatic carbocycles. The van der Waals surface area contributed by atoms with Gasteiger partial charge in [0.1, 0.15) is 11.3 Å². The maximum Gasteiger partial charge on any atom is 0.339 e. The SMILES string of the molecule is C=CCC[C@@H](N)c1cc(Br)cc(C(=O)O)c1O. The van der Waals surface area contributed by atoms with Gasteiger partial charge in [-0.25, -0.2) is 4.79 Å². The summed E-state index contributed by atoms with van der Waals surface area (Å²) in [6.07, 6.45) is 3.04. The zero-order chi connectivity index (χ0) is 13.0. The minimum absolute atomic E-state index is 0.150. The lowest BCUT2D eigenvalue weighted by Gasteiger charge is -2.14. The van der Waals surface area contributed by atoms with Crippen LogP contribution in [0.5, 0.6) is 5.75 Å². The summed E-state index contributed by atoms with van der Waals surface area (Å²) in [5, 5.41) is 18.8. The molecule has 0 heterocycles. The van der Waals surface area contributed by atoms with E-state index in [0.29, 0.717) is 22.9 Å². The second kappa shape index (κ2) is 5.84. The van der Waals surface area contributed by atoms with E-state index in [0.717, 1.165) is 0 Å². The highest BCUT2D eigenvalue weighted by atomic mass is 79.9. The van der Waals surface area contributed by atoms with Crippen LogP contribution in [-0.2, 0) is 0 Å². The van der Waals surface area contributed by atoms with Crippen LogP contribution in [-0.4, -0.2) is 16.2 Å². The lowest BCUT2D eigenvalue weighted by atomic mass is 9.99. The Hall–Kier alpha value is -1.33. The molecule has 1 atom stereocenters. The van der Waals surface area contributed by atoms with Crippen molar-refractivity contribution in [2.45, 2.75) is 18.9 Å². The zero-order valence-corrected chi connectivity index (χ0v) is 10.8. The predicted octanol–water partition coefficient (Wildman–Crippen LogP) is 2.82. The van der Waals surface area contributed by atoms with Crippen molar-refractivity contribution < 1.29 is 15.0 Å². The fourth-order valence-electron chi connectivity index (χ4n) is 1.52. The van der Waals surface area contributed by atoms with Crippen molar-refractivity contribution in [1.29, 1.82) is 0 Å². The molecule has 17 heavy (non-hydrogen) atoms. The maximum absolute atomic E-state index is 10.9. The fourth-order valence-corrected chi connectivity index (χ4v) is 1.99. The molecule has 4 N–H and O–H groups in total. The number of hydrogen-bond donors (Lipinski definition) is 3. The number of hydrogen-bond acceptors (Lipinski definition) is 3. The van der Waals surface area contributed by atoms with Crippen molar-refractivity contribution >= 4 is 21.9 Å². The molecule has 0 bridgehead atoms. The van der Waals surface area contributed by atoms with Crippen molar-refractivity contribution in [3.8, 4) is 5.75 Å². The van der Waals surface area contributed by atoms with E-state index in [2.05, 4.69) is 22.5 Å². The lowest BCUT2D eigenvalue weighted by molar-refractivity contribution is 0.0693. The van der Waals surface area contributed by atoms with Crippen molar-refractivity contribution in [3.63, 3.8) is 0 Å². The number of carboxylic acid groups (broad SMARTS) is 1. The van der Waals surface area contributed by atoms with E-state index in [1.807, 2.05) is 0 Å². The summed E-state index contributed by atoms with van der Waals surface area (Å²) in [5.74, 6) is -1.45. The Morgan fingerprint density at radius 2 is 2.24 bits per heavy atom. The highest BCUT2D eigenvalue weighted by Gasteiger charge is 2.18. The lowest BCUT2D eigenvalue weighted by Crippen LogP contribution is -2.12. The first-order chi connectivity index (χ1) is 7.97. The molecule has 5 heteroatoms. The van der Waals surface area contributed by atoms with Crippen LogP contribution in [0.3, 0.4) is 0 Å². The molecule has 0 unspecified atom stereocenters. The normalized spacial score (nSPS) is 12.1. The molecule has 0 spiro atoms. The third-order valence-corrected chi connectivity index (χ3v) is 2.87. The molecule has 0 amide bonds. The summed E-state index contributed by atoms with van der Waals surface area (Å²) in [6, 6.07) is 2.57. The Labute approximate surface area is 108 Å². The quantitative estimate of drug-likeness (QED) is 0.730. The summed E-state index contributed by atoms with van der Waals surface area (Å²) in [5.41, 5.74) is 6.18. The molecule has 0 aliphatic rings. The van der Waals surface area contributed by atoms with Crippen molar-refractivity contribution in [2.75, 3.05) is 0 Å². The highest BCUT2D eigenvalue weighted by Crippen LogP contribution is 2.32. The first-order valence-electron chi connectivity index (χ1n) is 5.09. The maximum atomic E-state index is 10.9. The van der Waals surface area contributed by atoms with E-state index in [1.54, 1.807) is 12.1 Å². The monoisotopic (exact) mass is 299 g/mol. The van der Waals surface area contributed by atoms with Crippen LogP contribution in [0.1, 0.15) is 34.8 Å². The van der Waals surface area contributed by atoms with E-state index in [-0.39, 0.29) is 11.3 Å². The molecule has 0 saturated heterocycles. The Balaban J connectivity index is 3.14. The van der Waals surface area contributed by atoms with Gasteiger partial charge in [-0.05, 0) is 25.0 Å². The number of halogens is 1. The molecule has 0 radical (unpaired) electrons. The van der Waals surface area contributed by atoms with Gasteiger partial charge in [0.25, 0.3) is 0 Å². The van der Waals surface area contributed by atoms with Gasteiger partial charge >= 0.3 is 5.97 Å². The number of nitrogens with two attached hydrogens (primary N) is 1. The number of aromatic carboxylic acids is 1. The second-order valence-corrected chi connectivity index (χ2v) is 4.58. The van der Waals surface area contributed by atoms with Gasteiger partial charge in [0, 0.05) is 16.1 Å². The van der Waals surface area contributed by atoms with Crippen LogP contribution in [0, 0.1) is 0 Å². The Morgan fingerprint density at radius 1 is 1.59 bits per heavy atom. The van der Waals surface area contributed by atoms with Gasteiger partial charge in [0.2, 0.25) is 0 Å². The Morgan fingerprint density at radius 3 is 2.76 bits per heavy atom. The van der Waals surface area contributed by atoms with Gasteiger partial charge in [-0.3, -0.25) is 0 Å². The molecule has 0 aliphatic heterocycles. The molecule has 1 rings (SSSR count). The first kappa shape index (κ1) is 13.7. The number of carbonyl (C=O) groups is 1. The fraction of sp³-hybridized carbons (Fsp3) is 0.250. The summed E-state index contributed by atoms with van der Waals surface area (Å²) in [7, 11) is 0. The Bertz CT molecular complexity index is 446. The topological polar surface area (TPSA) is 83.6 Å². The van der Waals surface area contributed by atoms with Gasteiger partial charge in [0.15, 0.2) is 0 Å². The predicted molar refractivity (Wildman–Crippen MR) is 69.1 cm³/mol. The van der Waals surface area contributed by atoms with Crippen molar-refractivity contribution in [2.24, 2.45) is 5.73 Å². The van der Waals surface area contributed by atoms with E-state index >= 15 is 0 Å². The number of aromatic hydroxyl groups is 1. The number of rotatable bonds is 5. The zero-order valence-electron chi connectivity index (χ0n) is 9.19. The van der Waals surface area contributed by atoms with Crippen LogP contribution in [0.25, 0.3) is 0 Å². The van der Waals surface area contributed by atoms with Crippen LogP contribution in [0.15, 0.2) is 29.3 Å². The van der Waals surface area contributed by atoms with E-state index in [9.17, 15) is 9.90 Å². The van der Waals surface area contributed by atoms with Gasteiger partial charge in [0.05, 0.1) is 0 Å². The molecule has 0 saturated carbocycles. The number of allylic oxidation sites excluding steroid dienone is 1. The van der Waals surface area contributed by atoms with E-state index < -0.39 is 12.0 Å². The molecule has 1 aromatic rings. The summed E-state index contributed by atoms with van der Waals surface area (Å²) in [6.45, 7) is 3.59. The highest BCUT2D eigenvalue weighted by molar-refractivity contribution is 9.10.